The van der Waals surface area contributed by atoms with Crippen molar-refractivity contribution in [1.29, 1.82) is 0 Å². The van der Waals surface area contributed by atoms with Crippen molar-refractivity contribution >= 4 is 22.6 Å². The average molecular weight is 344 g/mol. The van der Waals surface area contributed by atoms with Gasteiger partial charge >= 0.3 is 0 Å². The number of nitrogens with zero attached hydrogens (tertiary/aromatic N) is 2. The lowest BCUT2D eigenvalue weighted by Crippen LogP contribution is -2.07. The van der Waals surface area contributed by atoms with E-state index < -0.39 is 13.0 Å². The zero-order chi connectivity index (χ0) is 12.1. The smallest absolute Gasteiger partial charge is 0.261 e. The molecular formula is C10H15F2IN2O. The fourth-order valence-electron chi connectivity index (χ4n) is 1.16. The van der Waals surface area contributed by atoms with E-state index in [0.717, 1.165) is 15.7 Å². The van der Waals surface area contributed by atoms with Gasteiger partial charge in [-0.05, 0) is 35.9 Å². The summed E-state index contributed by atoms with van der Waals surface area (Å²) in [4.78, 5) is 0. The second-order valence-corrected chi connectivity index (χ2v) is 4.73. The lowest BCUT2D eigenvalue weighted by molar-refractivity contribution is 0.00844. The highest BCUT2D eigenvalue weighted by Crippen LogP contribution is 2.16. The summed E-state index contributed by atoms with van der Waals surface area (Å²) in [6.07, 6.45) is 0.472. The van der Waals surface area contributed by atoms with Crippen molar-refractivity contribution < 1.29 is 13.5 Å². The molecule has 0 saturated heterocycles. The van der Waals surface area contributed by atoms with Crippen LogP contribution in [0.25, 0.3) is 0 Å². The second-order valence-electron chi connectivity index (χ2n) is 3.57. The summed E-state index contributed by atoms with van der Waals surface area (Å²) in [5, 5.41) is 4.32. The van der Waals surface area contributed by atoms with Crippen molar-refractivity contribution in [3.63, 3.8) is 0 Å². The first-order valence-electron chi connectivity index (χ1n) is 5.14. The minimum absolute atomic E-state index is 0.145. The van der Waals surface area contributed by atoms with Gasteiger partial charge in [0.2, 0.25) is 0 Å². The average Bonchev–Trinajstić information content (AvgIpc) is 2.59. The summed E-state index contributed by atoms with van der Waals surface area (Å²) in [5.41, 5.74) is 0.724. The molecule has 1 aromatic rings. The summed E-state index contributed by atoms with van der Waals surface area (Å²) >= 11 is 2.14. The largest absolute Gasteiger partial charge is 0.369 e. The van der Waals surface area contributed by atoms with Crippen molar-refractivity contribution in [1.82, 2.24) is 9.78 Å². The molecule has 0 aliphatic carbocycles. The van der Waals surface area contributed by atoms with Crippen LogP contribution in [-0.4, -0.2) is 22.8 Å². The molecule has 0 radical (unpaired) electrons. The van der Waals surface area contributed by atoms with Gasteiger partial charge in [0.15, 0.2) is 0 Å². The quantitative estimate of drug-likeness (QED) is 0.741. The molecule has 0 bridgehead atoms. The molecule has 0 unspecified atom stereocenters. The van der Waals surface area contributed by atoms with E-state index in [-0.39, 0.29) is 6.61 Å². The first kappa shape index (κ1) is 13.8. The number of hydrogen-bond donors (Lipinski definition) is 0. The van der Waals surface area contributed by atoms with Gasteiger partial charge in [0.05, 0.1) is 10.2 Å². The van der Waals surface area contributed by atoms with E-state index in [0.29, 0.717) is 6.04 Å². The maximum atomic E-state index is 11.9. The molecule has 3 nitrogen and oxygen atoms in total. The predicted octanol–water partition coefficient (Wildman–Crippen LogP) is 3.24. The van der Waals surface area contributed by atoms with E-state index in [1.807, 2.05) is 10.9 Å². The van der Waals surface area contributed by atoms with Crippen LogP contribution in [0.4, 0.5) is 8.78 Å². The standard InChI is InChI=1S/C10H15F2IN2O/c1-3-7(2)15-4-8(13)9(14-15)5-16-6-10(11)12/h4,7,10H,3,5-6H2,1-2H3/t7-/m0/s1. The Morgan fingerprint density at radius 1 is 1.56 bits per heavy atom. The molecule has 92 valence electrons. The maximum Gasteiger partial charge on any atom is 0.261 e. The molecule has 0 saturated carbocycles. The second kappa shape index (κ2) is 6.48. The Labute approximate surface area is 107 Å². The van der Waals surface area contributed by atoms with Crippen LogP contribution < -0.4 is 0 Å². The van der Waals surface area contributed by atoms with Gasteiger partial charge in [-0.15, -0.1) is 0 Å². The Bertz CT molecular complexity index is 331. The van der Waals surface area contributed by atoms with E-state index in [9.17, 15) is 8.78 Å². The predicted molar refractivity (Wildman–Crippen MR) is 65.6 cm³/mol. The Morgan fingerprint density at radius 2 is 2.25 bits per heavy atom. The first-order chi connectivity index (χ1) is 7.54. The van der Waals surface area contributed by atoms with Gasteiger partial charge in [0, 0.05) is 12.2 Å². The summed E-state index contributed by atoms with van der Waals surface area (Å²) in [6.45, 7) is 3.75. The Morgan fingerprint density at radius 3 is 2.81 bits per heavy atom. The number of rotatable bonds is 6. The van der Waals surface area contributed by atoms with Crippen LogP contribution in [0.15, 0.2) is 6.20 Å². The third-order valence-electron chi connectivity index (χ3n) is 2.28. The third-order valence-corrected chi connectivity index (χ3v) is 3.18. The van der Waals surface area contributed by atoms with Gasteiger partial charge in [0.25, 0.3) is 6.43 Å². The zero-order valence-corrected chi connectivity index (χ0v) is 11.4. The number of alkyl halides is 2. The van der Waals surface area contributed by atoms with Gasteiger partial charge in [-0.25, -0.2) is 8.78 Å². The highest BCUT2D eigenvalue weighted by Gasteiger charge is 2.11. The molecule has 1 aromatic heterocycles. The van der Waals surface area contributed by atoms with Crippen molar-refractivity contribution in [2.45, 2.75) is 39.3 Å². The number of aromatic nitrogens is 2. The first-order valence-corrected chi connectivity index (χ1v) is 6.21. The molecule has 1 heterocycles. The van der Waals surface area contributed by atoms with Crippen LogP contribution >= 0.6 is 22.6 Å². The fourth-order valence-corrected chi connectivity index (χ4v) is 1.71. The van der Waals surface area contributed by atoms with Crippen LogP contribution in [0.5, 0.6) is 0 Å². The minimum atomic E-state index is -2.42. The number of ether oxygens (including phenoxy) is 1. The van der Waals surface area contributed by atoms with Crippen LogP contribution in [-0.2, 0) is 11.3 Å². The third kappa shape index (κ3) is 3.97. The summed E-state index contributed by atoms with van der Waals surface area (Å²) in [7, 11) is 0. The number of hydrogen-bond acceptors (Lipinski definition) is 2. The van der Waals surface area contributed by atoms with Gasteiger partial charge < -0.3 is 4.74 Å². The highest BCUT2D eigenvalue weighted by atomic mass is 127. The topological polar surface area (TPSA) is 27.1 Å². The Hall–Kier alpha value is -0.240. The SMILES string of the molecule is CC[C@H](C)n1cc(I)c(COCC(F)F)n1. The Balaban J connectivity index is 2.56. The van der Waals surface area contributed by atoms with Crippen LogP contribution in [0, 0.1) is 3.57 Å². The monoisotopic (exact) mass is 344 g/mol. The van der Waals surface area contributed by atoms with Crippen molar-refractivity contribution in [2.24, 2.45) is 0 Å². The van der Waals surface area contributed by atoms with Gasteiger partial charge in [-0.3, -0.25) is 4.68 Å². The fraction of sp³-hybridized carbons (Fsp3) is 0.700. The molecule has 0 aliphatic heterocycles. The molecule has 16 heavy (non-hydrogen) atoms. The normalized spacial score (nSPS) is 13.4. The lowest BCUT2D eigenvalue weighted by atomic mass is 10.3. The Kier molecular flexibility index (Phi) is 5.60. The van der Waals surface area contributed by atoms with Gasteiger partial charge in [-0.1, -0.05) is 6.92 Å². The van der Waals surface area contributed by atoms with E-state index in [2.05, 4.69) is 41.5 Å². The van der Waals surface area contributed by atoms with E-state index in [1.54, 1.807) is 0 Å². The summed E-state index contributed by atoms with van der Waals surface area (Å²) in [5.74, 6) is 0. The molecule has 0 fully saturated rings. The van der Waals surface area contributed by atoms with Crippen molar-refractivity contribution in [3.05, 3.63) is 15.5 Å². The van der Waals surface area contributed by atoms with E-state index >= 15 is 0 Å². The van der Waals surface area contributed by atoms with Gasteiger partial charge in [0.1, 0.15) is 12.3 Å². The molecule has 0 aromatic carbocycles. The molecular weight excluding hydrogens is 329 g/mol. The van der Waals surface area contributed by atoms with Gasteiger partial charge in [-0.2, -0.15) is 5.10 Å². The van der Waals surface area contributed by atoms with E-state index in [1.165, 1.54) is 0 Å². The van der Waals surface area contributed by atoms with Crippen LogP contribution in [0.3, 0.4) is 0 Å². The zero-order valence-electron chi connectivity index (χ0n) is 9.29. The van der Waals surface area contributed by atoms with Crippen molar-refractivity contribution in [3.8, 4) is 0 Å². The van der Waals surface area contributed by atoms with Crippen LogP contribution in [0.2, 0.25) is 0 Å². The molecule has 6 heteroatoms. The molecule has 1 rings (SSSR count). The summed E-state index contributed by atoms with van der Waals surface area (Å²) in [6, 6.07) is 0.317. The summed E-state index contributed by atoms with van der Waals surface area (Å²) < 4.78 is 31.4. The molecule has 0 amide bonds. The van der Waals surface area contributed by atoms with Crippen molar-refractivity contribution in [2.75, 3.05) is 6.61 Å². The van der Waals surface area contributed by atoms with E-state index in [4.69, 9.17) is 4.74 Å². The van der Waals surface area contributed by atoms with Crippen LogP contribution in [0.1, 0.15) is 32.0 Å². The molecule has 1 atom stereocenters. The molecule has 0 spiro atoms. The maximum absolute atomic E-state index is 11.9. The lowest BCUT2D eigenvalue weighted by Gasteiger charge is -2.08. The molecule has 0 N–H and O–H groups in total. The molecule has 0 aliphatic rings. The number of halogens is 3. The highest BCUT2D eigenvalue weighted by molar-refractivity contribution is 14.1. The minimum Gasteiger partial charge on any atom is -0.369 e.